The SMILES string of the molecule is CC(C)CC(NC(=O)C(C)N)C(=O)NC(C)C(=O)NC(CO)C(=O)O. The Labute approximate surface area is 146 Å². The molecule has 4 unspecified atom stereocenters. The first-order chi connectivity index (χ1) is 11.5. The Morgan fingerprint density at radius 2 is 1.40 bits per heavy atom. The van der Waals surface area contributed by atoms with Crippen LogP contribution in [-0.4, -0.2) is 64.7 Å². The zero-order valence-electron chi connectivity index (χ0n) is 14.9. The van der Waals surface area contributed by atoms with Gasteiger partial charge in [0, 0.05) is 0 Å². The van der Waals surface area contributed by atoms with Crippen molar-refractivity contribution in [3.05, 3.63) is 0 Å². The van der Waals surface area contributed by atoms with Gasteiger partial charge in [0.1, 0.15) is 18.1 Å². The summed E-state index contributed by atoms with van der Waals surface area (Å²) in [4.78, 5) is 46.8. The average molecular weight is 360 g/mol. The van der Waals surface area contributed by atoms with E-state index in [2.05, 4.69) is 16.0 Å². The van der Waals surface area contributed by atoms with Gasteiger partial charge < -0.3 is 31.9 Å². The lowest BCUT2D eigenvalue weighted by molar-refractivity contribution is -0.143. The summed E-state index contributed by atoms with van der Waals surface area (Å²) in [5.74, 6) is -3.14. The number of aliphatic hydroxyl groups is 1. The van der Waals surface area contributed by atoms with E-state index >= 15 is 0 Å². The zero-order chi connectivity index (χ0) is 19.7. The third-order valence-electron chi connectivity index (χ3n) is 3.30. The summed E-state index contributed by atoms with van der Waals surface area (Å²) in [6.07, 6.45) is 0.340. The van der Waals surface area contributed by atoms with Crippen molar-refractivity contribution in [2.24, 2.45) is 11.7 Å². The second-order valence-corrected chi connectivity index (χ2v) is 6.29. The molecule has 0 aliphatic rings. The quantitative estimate of drug-likeness (QED) is 0.260. The lowest BCUT2D eigenvalue weighted by Crippen LogP contribution is -2.56. The first-order valence-corrected chi connectivity index (χ1v) is 7.99. The third-order valence-corrected chi connectivity index (χ3v) is 3.30. The molecule has 0 aromatic carbocycles. The lowest BCUT2D eigenvalue weighted by atomic mass is 10.0. The number of carboxylic acids is 1. The predicted molar refractivity (Wildman–Crippen MR) is 89.3 cm³/mol. The van der Waals surface area contributed by atoms with Gasteiger partial charge in [-0.2, -0.15) is 0 Å². The van der Waals surface area contributed by atoms with E-state index < -0.39 is 54.5 Å². The van der Waals surface area contributed by atoms with Crippen LogP contribution in [0, 0.1) is 5.92 Å². The first-order valence-electron chi connectivity index (χ1n) is 7.99. The van der Waals surface area contributed by atoms with Crippen LogP contribution in [0.15, 0.2) is 0 Å². The van der Waals surface area contributed by atoms with E-state index in [-0.39, 0.29) is 5.92 Å². The molecule has 0 aromatic rings. The zero-order valence-corrected chi connectivity index (χ0v) is 14.9. The monoisotopic (exact) mass is 360 g/mol. The van der Waals surface area contributed by atoms with Crippen LogP contribution in [-0.2, 0) is 19.2 Å². The molecule has 10 nitrogen and oxygen atoms in total. The Kier molecular flexibility index (Phi) is 9.69. The largest absolute Gasteiger partial charge is 0.480 e. The van der Waals surface area contributed by atoms with E-state index in [0.29, 0.717) is 6.42 Å². The van der Waals surface area contributed by atoms with Crippen molar-refractivity contribution in [1.29, 1.82) is 0 Å². The van der Waals surface area contributed by atoms with E-state index in [4.69, 9.17) is 15.9 Å². The molecule has 4 atom stereocenters. The fourth-order valence-corrected chi connectivity index (χ4v) is 1.87. The summed E-state index contributed by atoms with van der Waals surface area (Å²) in [6.45, 7) is 5.81. The van der Waals surface area contributed by atoms with Crippen LogP contribution in [0.3, 0.4) is 0 Å². The molecule has 0 aromatic heterocycles. The molecule has 0 spiro atoms. The smallest absolute Gasteiger partial charge is 0.328 e. The second-order valence-electron chi connectivity index (χ2n) is 6.29. The Balaban J connectivity index is 4.88. The first kappa shape index (κ1) is 22.8. The van der Waals surface area contributed by atoms with Crippen LogP contribution in [0.5, 0.6) is 0 Å². The van der Waals surface area contributed by atoms with Gasteiger partial charge in [0.05, 0.1) is 12.6 Å². The second kappa shape index (κ2) is 10.6. The van der Waals surface area contributed by atoms with E-state index in [0.717, 1.165) is 0 Å². The Morgan fingerprint density at radius 1 is 0.880 bits per heavy atom. The number of nitrogens with one attached hydrogen (secondary N) is 3. The predicted octanol–water partition coefficient (Wildman–Crippen LogP) is -2.07. The number of nitrogens with two attached hydrogens (primary N) is 1. The minimum Gasteiger partial charge on any atom is -0.480 e. The van der Waals surface area contributed by atoms with E-state index in [1.807, 2.05) is 13.8 Å². The summed E-state index contributed by atoms with van der Waals surface area (Å²) in [7, 11) is 0. The lowest BCUT2D eigenvalue weighted by Gasteiger charge is -2.23. The molecule has 144 valence electrons. The average Bonchev–Trinajstić information content (AvgIpc) is 2.50. The minimum atomic E-state index is -1.46. The molecule has 10 heteroatoms. The van der Waals surface area contributed by atoms with Crippen molar-refractivity contribution in [1.82, 2.24) is 16.0 Å². The van der Waals surface area contributed by atoms with Crippen LogP contribution in [0.2, 0.25) is 0 Å². The fraction of sp³-hybridized carbons (Fsp3) is 0.733. The molecule has 0 bridgehead atoms. The summed E-state index contributed by atoms with van der Waals surface area (Å²) in [6, 6.07) is -4.18. The molecule has 0 fully saturated rings. The molecule has 0 radical (unpaired) electrons. The molecule has 0 rings (SSSR count). The highest BCUT2D eigenvalue weighted by Gasteiger charge is 2.27. The third kappa shape index (κ3) is 8.45. The van der Waals surface area contributed by atoms with Crippen molar-refractivity contribution >= 4 is 23.7 Å². The summed E-state index contributed by atoms with van der Waals surface area (Å²) in [5.41, 5.74) is 5.48. The molecule has 3 amide bonds. The Bertz CT molecular complexity index is 494. The highest BCUT2D eigenvalue weighted by molar-refractivity contribution is 5.93. The van der Waals surface area contributed by atoms with Crippen molar-refractivity contribution in [3.63, 3.8) is 0 Å². The Hall–Kier alpha value is -2.20. The van der Waals surface area contributed by atoms with Crippen molar-refractivity contribution in [2.45, 2.75) is 58.3 Å². The minimum absolute atomic E-state index is 0.0963. The number of carboxylic acid groups (broad SMARTS) is 1. The van der Waals surface area contributed by atoms with Gasteiger partial charge in [0.25, 0.3) is 0 Å². The van der Waals surface area contributed by atoms with Gasteiger partial charge in [-0.05, 0) is 26.2 Å². The fourth-order valence-electron chi connectivity index (χ4n) is 1.87. The number of amides is 3. The van der Waals surface area contributed by atoms with Gasteiger partial charge >= 0.3 is 5.97 Å². The molecule has 25 heavy (non-hydrogen) atoms. The number of carbonyl (C=O) groups excluding carboxylic acids is 3. The highest BCUT2D eigenvalue weighted by Crippen LogP contribution is 2.06. The normalized spacial score (nSPS) is 15.6. The van der Waals surface area contributed by atoms with Crippen molar-refractivity contribution in [3.8, 4) is 0 Å². The van der Waals surface area contributed by atoms with Crippen molar-refractivity contribution < 1.29 is 29.4 Å². The number of aliphatic carboxylic acids is 1. The van der Waals surface area contributed by atoms with Crippen LogP contribution in [0.1, 0.15) is 34.1 Å². The molecule has 0 saturated heterocycles. The van der Waals surface area contributed by atoms with Gasteiger partial charge in [0.15, 0.2) is 0 Å². The summed E-state index contributed by atoms with van der Waals surface area (Å²) in [5, 5.41) is 24.7. The standard InChI is InChI=1S/C15H28N4O6/c1-7(2)5-10(18-12(21)8(3)16)14(23)17-9(4)13(22)19-11(6-20)15(24)25/h7-11,20H,5-6,16H2,1-4H3,(H,17,23)(H,18,21)(H,19,22)(H,24,25). The van der Waals surface area contributed by atoms with Gasteiger partial charge in [-0.3, -0.25) is 14.4 Å². The topological polar surface area (TPSA) is 171 Å². The Morgan fingerprint density at radius 3 is 1.80 bits per heavy atom. The van der Waals surface area contributed by atoms with Gasteiger partial charge in [-0.25, -0.2) is 4.79 Å². The molecular weight excluding hydrogens is 332 g/mol. The number of hydrogen-bond donors (Lipinski definition) is 6. The van der Waals surface area contributed by atoms with Crippen LogP contribution < -0.4 is 21.7 Å². The van der Waals surface area contributed by atoms with E-state index in [1.165, 1.54) is 13.8 Å². The van der Waals surface area contributed by atoms with Crippen LogP contribution in [0.4, 0.5) is 0 Å². The van der Waals surface area contributed by atoms with Crippen molar-refractivity contribution in [2.75, 3.05) is 6.61 Å². The summed E-state index contributed by atoms with van der Waals surface area (Å²) >= 11 is 0. The number of rotatable bonds is 10. The number of carbonyl (C=O) groups is 4. The van der Waals surface area contributed by atoms with Gasteiger partial charge in [-0.1, -0.05) is 13.8 Å². The summed E-state index contributed by atoms with van der Waals surface area (Å²) < 4.78 is 0. The number of hydrogen-bond acceptors (Lipinski definition) is 6. The maximum absolute atomic E-state index is 12.3. The van der Waals surface area contributed by atoms with Gasteiger partial charge in [-0.15, -0.1) is 0 Å². The molecule has 0 aliphatic carbocycles. The maximum atomic E-state index is 12.3. The molecule has 0 saturated carbocycles. The maximum Gasteiger partial charge on any atom is 0.328 e. The van der Waals surface area contributed by atoms with Crippen LogP contribution in [0.25, 0.3) is 0 Å². The number of aliphatic hydroxyl groups excluding tert-OH is 1. The van der Waals surface area contributed by atoms with Crippen LogP contribution >= 0.6 is 0 Å². The molecular formula is C15H28N4O6. The van der Waals surface area contributed by atoms with E-state index in [1.54, 1.807) is 0 Å². The van der Waals surface area contributed by atoms with E-state index in [9.17, 15) is 19.2 Å². The van der Waals surface area contributed by atoms with Gasteiger partial charge in [0.2, 0.25) is 17.7 Å². The molecule has 7 N–H and O–H groups in total. The molecule has 0 heterocycles. The molecule has 0 aliphatic heterocycles. The highest BCUT2D eigenvalue weighted by atomic mass is 16.4.